The molecule has 1 rings (SSSR count). The second-order valence-electron chi connectivity index (χ2n) is 3.98. The molecule has 3 nitrogen and oxygen atoms in total. The Hall–Kier alpha value is -0.380. The van der Waals surface area contributed by atoms with Crippen LogP contribution in [0, 0.1) is 0 Å². The van der Waals surface area contributed by atoms with Gasteiger partial charge in [0.2, 0.25) is 0 Å². The molecule has 0 aromatic rings. The normalized spacial score (nSPS) is 19.6. The third-order valence-corrected chi connectivity index (χ3v) is 2.81. The lowest BCUT2D eigenvalue weighted by molar-refractivity contribution is 0.166. The van der Waals surface area contributed by atoms with Crippen LogP contribution in [-0.2, 0) is 0 Å². The van der Waals surface area contributed by atoms with Gasteiger partial charge in [0.15, 0.2) is 0 Å². The van der Waals surface area contributed by atoms with Crippen molar-refractivity contribution in [3.8, 4) is 0 Å². The van der Waals surface area contributed by atoms with Gasteiger partial charge in [-0.2, -0.15) is 0 Å². The molecule has 0 saturated carbocycles. The Bertz CT molecular complexity index is 188. The van der Waals surface area contributed by atoms with Crippen LogP contribution in [0.2, 0.25) is 0 Å². The van der Waals surface area contributed by atoms with Crippen molar-refractivity contribution in [3.05, 3.63) is 11.6 Å². The average Bonchev–Trinajstić information content (AvgIpc) is 2.26. The minimum atomic E-state index is -0.187. The molecule has 0 fully saturated rings. The van der Waals surface area contributed by atoms with E-state index >= 15 is 0 Å². The van der Waals surface area contributed by atoms with Crippen LogP contribution in [0.3, 0.4) is 0 Å². The number of rotatable bonds is 5. The first-order valence-electron chi connectivity index (χ1n) is 5.44. The molecule has 3 heteroatoms. The topological polar surface area (TPSA) is 52.5 Å². The smallest absolute Gasteiger partial charge is 0.0607 e. The van der Waals surface area contributed by atoms with Gasteiger partial charge in [-0.25, -0.2) is 0 Å². The van der Waals surface area contributed by atoms with Crippen LogP contribution < -0.4 is 5.32 Å². The van der Waals surface area contributed by atoms with Crippen molar-refractivity contribution in [2.75, 3.05) is 13.2 Å². The van der Waals surface area contributed by atoms with Crippen molar-refractivity contribution in [2.45, 2.75) is 44.7 Å². The van der Waals surface area contributed by atoms with E-state index in [1.807, 2.05) is 0 Å². The van der Waals surface area contributed by atoms with Gasteiger partial charge in [0.25, 0.3) is 0 Å². The molecule has 1 aliphatic rings. The molecule has 0 aromatic carbocycles. The summed E-state index contributed by atoms with van der Waals surface area (Å²) >= 11 is 0. The molecule has 0 aliphatic heterocycles. The maximum absolute atomic E-state index is 8.93. The van der Waals surface area contributed by atoms with Crippen LogP contribution in [0.5, 0.6) is 0 Å². The summed E-state index contributed by atoms with van der Waals surface area (Å²) in [5.74, 6) is 0. The second-order valence-corrected chi connectivity index (χ2v) is 3.98. The van der Waals surface area contributed by atoms with E-state index in [2.05, 4.69) is 18.3 Å². The van der Waals surface area contributed by atoms with E-state index in [4.69, 9.17) is 10.2 Å². The number of hydrogen-bond acceptors (Lipinski definition) is 3. The molecular weight excluding hydrogens is 178 g/mol. The summed E-state index contributed by atoms with van der Waals surface area (Å²) in [6, 6.07) is 0.0902. The van der Waals surface area contributed by atoms with Gasteiger partial charge in [0.1, 0.15) is 0 Å². The zero-order chi connectivity index (χ0) is 10.4. The maximum atomic E-state index is 8.93. The predicted octanol–water partition coefficient (Wildman–Crippen LogP) is 0.818. The van der Waals surface area contributed by atoms with Gasteiger partial charge >= 0.3 is 0 Å². The molecule has 14 heavy (non-hydrogen) atoms. The van der Waals surface area contributed by atoms with Crippen molar-refractivity contribution in [2.24, 2.45) is 0 Å². The highest BCUT2D eigenvalue weighted by Crippen LogP contribution is 2.20. The van der Waals surface area contributed by atoms with Crippen molar-refractivity contribution in [1.82, 2.24) is 5.32 Å². The number of allylic oxidation sites excluding steroid dienone is 1. The number of aliphatic hydroxyl groups is 2. The minimum Gasteiger partial charge on any atom is -0.395 e. The molecule has 1 unspecified atom stereocenters. The summed E-state index contributed by atoms with van der Waals surface area (Å²) < 4.78 is 0. The first-order chi connectivity index (χ1) is 6.77. The molecule has 0 bridgehead atoms. The molecule has 3 N–H and O–H groups in total. The van der Waals surface area contributed by atoms with Crippen LogP contribution in [0.25, 0.3) is 0 Å². The monoisotopic (exact) mass is 199 g/mol. The van der Waals surface area contributed by atoms with Crippen LogP contribution in [-0.4, -0.2) is 35.5 Å². The summed E-state index contributed by atoms with van der Waals surface area (Å²) in [6.07, 6.45) is 7.16. The molecule has 1 aliphatic carbocycles. The SMILES string of the molecule is CC(NC(CO)CO)C1=CCCCC1. The molecule has 0 radical (unpaired) electrons. The molecular formula is C11H21NO2. The van der Waals surface area contributed by atoms with E-state index in [1.165, 1.54) is 24.8 Å². The molecule has 0 amide bonds. The Morgan fingerprint density at radius 1 is 1.36 bits per heavy atom. The molecule has 0 saturated heterocycles. The first-order valence-corrected chi connectivity index (χ1v) is 5.44. The van der Waals surface area contributed by atoms with Gasteiger partial charge in [0, 0.05) is 6.04 Å². The fourth-order valence-corrected chi connectivity index (χ4v) is 1.88. The van der Waals surface area contributed by atoms with Gasteiger partial charge in [-0.3, -0.25) is 0 Å². The molecule has 0 heterocycles. The summed E-state index contributed by atoms with van der Waals surface area (Å²) in [6.45, 7) is 2.08. The molecule has 0 spiro atoms. The second kappa shape index (κ2) is 6.17. The Morgan fingerprint density at radius 2 is 2.07 bits per heavy atom. The first kappa shape index (κ1) is 11.7. The summed E-state index contributed by atoms with van der Waals surface area (Å²) in [4.78, 5) is 0. The average molecular weight is 199 g/mol. The molecule has 1 atom stereocenters. The molecule has 0 aromatic heterocycles. The quantitative estimate of drug-likeness (QED) is 0.575. The zero-order valence-electron chi connectivity index (χ0n) is 8.87. The fraction of sp³-hybridized carbons (Fsp3) is 0.818. The van der Waals surface area contributed by atoms with Gasteiger partial charge in [0.05, 0.1) is 19.3 Å². The van der Waals surface area contributed by atoms with Gasteiger partial charge in [-0.15, -0.1) is 0 Å². The largest absolute Gasteiger partial charge is 0.395 e. The lowest BCUT2D eigenvalue weighted by atomic mass is 9.94. The van der Waals surface area contributed by atoms with Crippen LogP contribution in [0.15, 0.2) is 11.6 Å². The van der Waals surface area contributed by atoms with Crippen LogP contribution in [0.1, 0.15) is 32.6 Å². The van der Waals surface area contributed by atoms with E-state index in [1.54, 1.807) is 0 Å². The van der Waals surface area contributed by atoms with Gasteiger partial charge < -0.3 is 15.5 Å². The van der Waals surface area contributed by atoms with Crippen molar-refractivity contribution in [1.29, 1.82) is 0 Å². The summed E-state index contributed by atoms with van der Waals surface area (Å²) in [5, 5.41) is 21.1. The molecule has 82 valence electrons. The Labute approximate surface area is 85.8 Å². The van der Waals surface area contributed by atoms with Gasteiger partial charge in [-0.05, 0) is 32.6 Å². The van der Waals surface area contributed by atoms with E-state index in [0.717, 1.165) is 6.42 Å². The zero-order valence-corrected chi connectivity index (χ0v) is 8.87. The van der Waals surface area contributed by atoms with Crippen LogP contribution in [0.4, 0.5) is 0 Å². The van der Waals surface area contributed by atoms with Gasteiger partial charge in [-0.1, -0.05) is 11.6 Å². The number of aliphatic hydroxyl groups excluding tert-OH is 2. The highest BCUT2D eigenvalue weighted by Gasteiger charge is 2.14. The number of nitrogens with one attached hydrogen (secondary N) is 1. The van der Waals surface area contributed by atoms with E-state index < -0.39 is 0 Å². The Balaban J connectivity index is 2.39. The van der Waals surface area contributed by atoms with Crippen LogP contribution >= 0.6 is 0 Å². The summed E-state index contributed by atoms with van der Waals surface area (Å²) in [7, 11) is 0. The maximum Gasteiger partial charge on any atom is 0.0607 e. The van der Waals surface area contributed by atoms with Crippen molar-refractivity contribution in [3.63, 3.8) is 0 Å². The highest BCUT2D eigenvalue weighted by atomic mass is 16.3. The van der Waals surface area contributed by atoms with Crippen molar-refractivity contribution < 1.29 is 10.2 Å². The predicted molar refractivity (Wildman–Crippen MR) is 57.1 cm³/mol. The Kier molecular flexibility index (Phi) is 5.15. The lowest BCUT2D eigenvalue weighted by Crippen LogP contribution is -2.42. The third kappa shape index (κ3) is 3.40. The highest BCUT2D eigenvalue weighted by molar-refractivity contribution is 5.12. The summed E-state index contributed by atoms with van der Waals surface area (Å²) in [5.41, 5.74) is 1.42. The fourth-order valence-electron chi connectivity index (χ4n) is 1.88. The standard InChI is InChI=1S/C11H21NO2/c1-9(12-11(7-13)8-14)10-5-3-2-4-6-10/h5,9,11-14H,2-4,6-8H2,1H3. The third-order valence-electron chi connectivity index (χ3n) is 2.81. The van der Waals surface area contributed by atoms with Crippen molar-refractivity contribution >= 4 is 0 Å². The van der Waals surface area contributed by atoms with E-state index in [9.17, 15) is 0 Å². The minimum absolute atomic E-state index is 0.00583. The van der Waals surface area contributed by atoms with E-state index in [0.29, 0.717) is 0 Å². The number of hydrogen-bond donors (Lipinski definition) is 3. The lowest BCUT2D eigenvalue weighted by Gasteiger charge is -2.24. The Morgan fingerprint density at radius 3 is 2.57 bits per heavy atom. The van der Waals surface area contributed by atoms with E-state index in [-0.39, 0.29) is 25.3 Å².